The van der Waals surface area contributed by atoms with Crippen molar-refractivity contribution >= 4 is 28.9 Å². The first-order valence-electron chi connectivity index (χ1n) is 5.90. The summed E-state index contributed by atoms with van der Waals surface area (Å²) < 4.78 is 0. The van der Waals surface area contributed by atoms with Crippen molar-refractivity contribution < 1.29 is 14.4 Å². The summed E-state index contributed by atoms with van der Waals surface area (Å²) in [6, 6.07) is 6.48. The van der Waals surface area contributed by atoms with Crippen LogP contribution in [0.25, 0.3) is 11.4 Å². The molecule has 1 N–H and O–H groups in total. The van der Waals surface area contributed by atoms with Crippen LogP contribution < -0.4 is 5.01 Å². The van der Waals surface area contributed by atoms with Gasteiger partial charge >= 0.3 is 5.91 Å². The summed E-state index contributed by atoms with van der Waals surface area (Å²) >= 11 is 0. The molecular weight excluding hydrogens is 276 g/mol. The predicted octanol–water partition coefficient (Wildman–Crippen LogP) is -0.273. The van der Waals surface area contributed by atoms with E-state index in [2.05, 4.69) is 25.7 Å². The number of tetrazole rings is 1. The number of nitrogens with zero attached hydrogens (tertiary/aromatic N) is 5. The number of carbonyl (C=O) groups excluding carboxylic acids is 3. The molecule has 0 atom stereocenters. The van der Waals surface area contributed by atoms with Gasteiger partial charge < -0.3 is 0 Å². The second kappa shape index (κ2) is 4.71. The molecule has 0 spiro atoms. The van der Waals surface area contributed by atoms with E-state index < -0.39 is 17.5 Å². The fourth-order valence-electron chi connectivity index (χ4n) is 1.82. The Labute approximate surface area is 117 Å². The molecule has 0 radical (unpaired) electrons. The van der Waals surface area contributed by atoms with Crippen LogP contribution >= 0.6 is 0 Å². The Kier molecular flexibility index (Phi) is 2.87. The molecule has 0 bridgehead atoms. The first kappa shape index (κ1) is 12.8. The van der Waals surface area contributed by atoms with Crippen LogP contribution in [0.15, 0.2) is 29.4 Å². The monoisotopic (exact) mass is 284 g/mol. The number of Topliss-reactive ketones (excluding diaryl/α,β-unsaturated/α-hetero) is 2. The maximum absolute atomic E-state index is 11.8. The van der Waals surface area contributed by atoms with Crippen LogP contribution in [0.3, 0.4) is 0 Å². The van der Waals surface area contributed by atoms with Crippen LogP contribution in [-0.4, -0.2) is 43.8 Å². The molecule has 0 unspecified atom stereocenters. The SMILES string of the molecule is CC1=NN(c2ccc(-c3nnn[nH]3)cc2)C(=O)C(=O)C1=O. The molecule has 0 aliphatic carbocycles. The number of ketones is 2. The predicted molar refractivity (Wildman–Crippen MR) is 70.2 cm³/mol. The number of aromatic nitrogens is 4. The molecule has 9 nitrogen and oxygen atoms in total. The zero-order chi connectivity index (χ0) is 15.0. The molecule has 2 aromatic rings. The van der Waals surface area contributed by atoms with E-state index in [1.165, 1.54) is 6.92 Å². The maximum atomic E-state index is 11.8. The number of H-pyrrole nitrogens is 1. The average Bonchev–Trinajstić information content (AvgIpc) is 3.03. The van der Waals surface area contributed by atoms with Crippen LogP contribution in [0.2, 0.25) is 0 Å². The summed E-state index contributed by atoms with van der Waals surface area (Å²) in [7, 11) is 0. The Hall–Kier alpha value is -3.23. The van der Waals surface area contributed by atoms with E-state index in [-0.39, 0.29) is 5.71 Å². The average molecular weight is 284 g/mol. The van der Waals surface area contributed by atoms with Crippen molar-refractivity contribution in [1.29, 1.82) is 0 Å². The topological polar surface area (TPSA) is 121 Å². The van der Waals surface area contributed by atoms with Gasteiger partial charge in [-0.15, -0.1) is 5.10 Å². The molecule has 1 amide bonds. The minimum absolute atomic E-state index is 0.0249. The van der Waals surface area contributed by atoms with E-state index in [1.807, 2.05) is 0 Å². The first-order valence-corrected chi connectivity index (χ1v) is 5.90. The normalized spacial score (nSPS) is 15.4. The standard InChI is InChI=1S/C12H8N6O3/c1-6-9(19)10(20)12(21)18(15-6)8-4-2-7(3-5-8)11-13-16-17-14-11/h2-5H,1H3,(H,13,14,16,17). The molecule has 1 aliphatic rings. The molecule has 0 saturated heterocycles. The molecule has 9 heteroatoms. The highest BCUT2D eigenvalue weighted by Crippen LogP contribution is 2.22. The Balaban J connectivity index is 1.96. The van der Waals surface area contributed by atoms with Gasteiger partial charge in [-0.1, -0.05) is 0 Å². The number of nitrogens with one attached hydrogen (secondary N) is 1. The zero-order valence-electron chi connectivity index (χ0n) is 10.8. The van der Waals surface area contributed by atoms with E-state index >= 15 is 0 Å². The van der Waals surface area contributed by atoms with Crippen LogP contribution in [0, 0.1) is 0 Å². The molecule has 1 aliphatic heterocycles. The Morgan fingerprint density at radius 3 is 2.38 bits per heavy atom. The highest BCUT2D eigenvalue weighted by Gasteiger charge is 2.35. The molecule has 2 heterocycles. The number of anilines is 1. The van der Waals surface area contributed by atoms with Crippen LogP contribution in [0.1, 0.15) is 6.92 Å². The summed E-state index contributed by atoms with van der Waals surface area (Å²) in [5.41, 5.74) is 1.05. The molecule has 1 aromatic heterocycles. The van der Waals surface area contributed by atoms with Crippen LogP contribution in [0.4, 0.5) is 5.69 Å². The smallest absolute Gasteiger partial charge is 0.283 e. The van der Waals surface area contributed by atoms with Gasteiger partial charge in [-0.05, 0) is 41.6 Å². The van der Waals surface area contributed by atoms with Crippen molar-refractivity contribution in [2.24, 2.45) is 5.10 Å². The van der Waals surface area contributed by atoms with Crippen molar-refractivity contribution in [3.05, 3.63) is 24.3 Å². The van der Waals surface area contributed by atoms with Crippen LogP contribution in [0.5, 0.6) is 0 Å². The van der Waals surface area contributed by atoms with Gasteiger partial charge in [0, 0.05) is 5.56 Å². The van der Waals surface area contributed by atoms with E-state index in [4.69, 9.17) is 0 Å². The van der Waals surface area contributed by atoms with Gasteiger partial charge in [-0.2, -0.15) is 10.1 Å². The molecule has 21 heavy (non-hydrogen) atoms. The second-order valence-corrected chi connectivity index (χ2v) is 4.26. The Morgan fingerprint density at radius 1 is 1.05 bits per heavy atom. The lowest BCUT2D eigenvalue weighted by Crippen LogP contribution is -2.44. The van der Waals surface area contributed by atoms with Crippen molar-refractivity contribution in [2.45, 2.75) is 6.92 Å². The minimum Gasteiger partial charge on any atom is -0.283 e. The minimum atomic E-state index is -1.09. The van der Waals surface area contributed by atoms with Gasteiger partial charge in [-0.3, -0.25) is 14.4 Å². The molecule has 1 aromatic carbocycles. The van der Waals surface area contributed by atoms with Crippen molar-refractivity contribution in [2.75, 3.05) is 5.01 Å². The lowest BCUT2D eigenvalue weighted by Gasteiger charge is -2.20. The van der Waals surface area contributed by atoms with Gasteiger partial charge in [0.1, 0.15) is 5.71 Å². The third-order valence-corrected chi connectivity index (χ3v) is 2.90. The van der Waals surface area contributed by atoms with Gasteiger partial charge in [0.2, 0.25) is 0 Å². The number of aromatic amines is 1. The first-order chi connectivity index (χ1) is 10.1. The molecular formula is C12H8N6O3. The summed E-state index contributed by atoms with van der Waals surface area (Å²) in [6.07, 6.45) is 0. The second-order valence-electron chi connectivity index (χ2n) is 4.26. The number of hydrazone groups is 1. The molecule has 104 valence electrons. The zero-order valence-corrected chi connectivity index (χ0v) is 10.8. The number of hydrogen-bond acceptors (Lipinski definition) is 7. The number of amides is 1. The van der Waals surface area contributed by atoms with Gasteiger partial charge in [0.25, 0.3) is 11.6 Å². The van der Waals surface area contributed by atoms with E-state index in [0.29, 0.717) is 17.1 Å². The van der Waals surface area contributed by atoms with Gasteiger partial charge in [0.05, 0.1) is 5.69 Å². The third kappa shape index (κ3) is 2.10. The lowest BCUT2D eigenvalue weighted by molar-refractivity contribution is -0.142. The fourth-order valence-corrected chi connectivity index (χ4v) is 1.82. The number of rotatable bonds is 2. The van der Waals surface area contributed by atoms with Crippen LogP contribution in [-0.2, 0) is 14.4 Å². The molecule has 0 fully saturated rings. The highest BCUT2D eigenvalue weighted by molar-refractivity contribution is 6.81. The van der Waals surface area contributed by atoms with Crippen molar-refractivity contribution in [3.8, 4) is 11.4 Å². The summed E-state index contributed by atoms with van der Waals surface area (Å²) in [6.45, 7) is 1.38. The van der Waals surface area contributed by atoms with E-state index in [0.717, 1.165) is 5.01 Å². The fraction of sp³-hybridized carbons (Fsp3) is 0.0833. The Morgan fingerprint density at radius 2 is 1.76 bits per heavy atom. The summed E-state index contributed by atoms with van der Waals surface area (Å²) in [4.78, 5) is 34.7. The quantitative estimate of drug-likeness (QED) is 0.757. The third-order valence-electron chi connectivity index (χ3n) is 2.90. The maximum Gasteiger partial charge on any atom is 0.323 e. The number of hydrogen-bond donors (Lipinski definition) is 1. The summed E-state index contributed by atoms with van der Waals surface area (Å²) in [5.74, 6) is -2.47. The molecule has 0 saturated carbocycles. The Bertz CT molecular complexity index is 763. The van der Waals surface area contributed by atoms with E-state index in [1.54, 1.807) is 24.3 Å². The number of benzene rings is 1. The van der Waals surface area contributed by atoms with Gasteiger partial charge in [-0.25, -0.2) is 5.10 Å². The number of carbonyl (C=O) groups is 3. The van der Waals surface area contributed by atoms with Crippen molar-refractivity contribution in [3.63, 3.8) is 0 Å². The summed E-state index contributed by atoms with van der Waals surface area (Å²) in [5, 5.41) is 18.0. The largest absolute Gasteiger partial charge is 0.323 e. The molecule has 3 rings (SSSR count). The highest BCUT2D eigenvalue weighted by atomic mass is 16.2. The van der Waals surface area contributed by atoms with Crippen molar-refractivity contribution in [1.82, 2.24) is 20.6 Å². The van der Waals surface area contributed by atoms with E-state index in [9.17, 15) is 14.4 Å². The van der Waals surface area contributed by atoms with Gasteiger partial charge in [0.15, 0.2) is 5.82 Å². The lowest BCUT2D eigenvalue weighted by atomic mass is 10.1.